The van der Waals surface area contributed by atoms with Crippen molar-refractivity contribution in [1.82, 2.24) is 10.2 Å². The van der Waals surface area contributed by atoms with Gasteiger partial charge in [0.2, 0.25) is 5.91 Å². The molecule has 23 heavy (non-hydrogen) atoms. The number of benzene rings is 1. The number of nitrogens with one attached hydrogen (secondary N) is 1. The van der Waals surface area contributed by atoms with Gasteiger partial charge in [0, 0.05) is 24.0 Å². The molecule has 1 unspecified atom stereocenters. The van der Waals surface area contributed by atoms with Crippen molar-refractivity contribution >= 4 is 17.5 Å². The molecule has 1 saturated heterocycles. The molecular formula is C19H27ClN2O. The third-order valence-electron chi connectivity index (χ3n) is 5.31. The maximum atomic E-state index is 12.9. The Morgan fingerprint density at radius 1 is 1.22 bits per heavy atom. The maximum absolute atomic E-state index is 12.9. The van der Waals surface area contributed by atoms with Crippen LogP contribution in [0.15, 0.2) is 24.3 Å². The number of carbonyl (C=O) groups excluding carboxylic acids is 1. The van der Waals surface area contributed by atoms with E-state index in [1.165, 1.54) is 19.3 Å². The fraction of sp³-hybridized carbons (Fsp3) is 0.632. The lowest BCUT2D eigenvalue weighted by molar-refractivity contribution is -0.134. The molecule has 2 aliphatic rings. The van der Waals surface area contributed by atoms with E-state index in [0.717, 1.165) is 42.9 Å². The van der Waals surface area contributed by atoms with Crippen molar-refractivity contribution in [2.75, 3.05) is 13.1 Å². The smallest absolute Gasteiger partial charge is 0.223 e. The standard InChI is InChI=1S/C19H27ClN2O/c20-18-8-4-1-5-16(18)14-22(17-6-2-3-7-17)19(23)10-9-15-11-12-21-13-15/h1,4-5,8,15,17,21H,2-3,6-7,9-14H2. The molecule has 3 rings (SSSR count). The molecule has 126 valence electrons. The minimum atomic E-state index is 0.309. The molecule has 1 heterocycles. The quantitative estimate of drug-likeness (QED) is 0.852. The van der Waals surface area contributed by atoms with E-state index in [1.807, 2.05) is 24.3 Å². The van der Waals surface area contributed by atoms with Crippen LogP contribution in [0.4, 0.5) is 0 Å². The topological polar surface area (TPSA) is 32.3 Å². The van der Waals surface area contributed by atoms with Gasteiger partial charge in [0.25, 0.3) is 0 Å². The number of amides is 1. The van der Waals surface area contributed by atoms with Crippen molar-refractivity contribution < 1.29 is 4.79 Å². The number of rotatable bonds is 6. The van der Waals surface area contributed by atoms with Crippen molar-refractivity contribution in [2.24, 2.45) is 5.92 Å². The van der Waals surface area contributed by atoms with Crippen LogP contribution in [-0.2, 0) is 11.3 Å². The van der Waals surface area contributed by atoms with Crippen LogP contribution >= 0.6 is 11.6 Å². The van der Waals surface area contributed by atoms with Crippen molar-refractivity contribution in [1.29, 1.82) is 0 Å². The summed E-state index contributed by atoms with van der Waals surface area (Å²) in [6.45, 7) is 2.83. The molecule has 1 saturated carbocycles. The molecule has 1 aromatic rings. The molecule has 2 fully saturated rings. The van der Waals surface area contributed by atoms with Crippen LogP contribution < -0.4 is 5.32 Å². The Kier molecular flexibility index (Phi) is 5.96. The van der Waals surface area contributed by atoms with E-state index in [4.69, 9.17) is 11.6 Å². The summed E-state index contributed by atoms with van der Waals surface area (Å²) in [4.78, 5) is 15.0. The molecule has 0 spiro atoms. The summed E-state index contributed by atoms with van der Waals surface area (Å²) in [5.41, 5.74) is 1.07. The molecule has 3 nitrogen and oxygen atoms in total. The Hall–Kier alpha value is -1.06. The first-order valence-electron chi connectivity index (χ1n) is 8.97. The summed E-state index contributed by atoms with van der Waals surface area (Å²) in [7, 11) is 0. The monoisotopic (exact) mass is 334 g/mol. The van der Waals surface area contributed by atoms with Gasteiger partial charge in [0.15, 0.2) is 0 Å². The zero-order valence-electron chi connectivity index (χ0n) is 13.8. The predicted octanol–water partition coefficient (Wildman–Crippen LogP) is 4.00. The van der Waals surface area contributed by atoms with Crippen molar-refractivity contribution in [3.63, 3.8) is 0 Å². The minimum Gasteiger partial charge on any atom is -0.335 e. The first-order chi connectivity index (χ1) is 11.2. The van der Waals surface area contributed by atoms with Crippen LogP contribution in [0.2, 0.25) is 5.02 Å². The molecule has 4 heteroatoms. The average Bonchev–Trinajstić information content (AvgIpc) is 3.25. The van der Waals surface area contributed by atoms with E-state index >= 15 is 0 Å². The molecule has 0 bridgehead atoms. The molecule has 1 N–H and O–H groups in total. The number of halogens is 1. The minimum absolute atomic E-state index is 0.309. The summed E-state index contributed by atoms with van der Waals surface area (Å²) >= 11 is 6.31. The van der Waals surface area contributed by atoms with E-state index < -0.39 is 0 Å². The van der Waals surface area contributed by atoms with Crippen LogP contribution in [0.25, 0.3) is 0 Å². The highest BCUT2D eigenvalue weighted by Crippen LogP contribution is 2.28. The van der Waals surface area contributed by atoms with Gasteiger partial charge in [0.05, 0.1) is 0 Å². The number of hydrogen-bond donors (Lipinski definition) is 1. The maximum Gasteiger partial charge on any atom is 0.223 e. The first kappa shape index (κ1) is 16.8. The third kappa shape index (κ3) is 4.48. The van der Waals surface area contributed by atoms with Gasteiger partial charge in [-0.15, -0.1) is 0 Å². The first-order valence-corrected chi connectivity index (χ1v) is 9.35. The van der Waals surface area contributed by atoms with Gasteiger partial charge in [0.1, 0.15) is 0 Å². The van der Waals surface area contributed by atoms with Gasteiger partial charge in [-0.05, 0) is 56.3 Å². The van der Waals surface area contributed by atoms with Crippen molar-refractivity contribution in [2.45, 2.75) is 57.5 Å². The van der Waals surface area contributed by atoms with Crippen molar-refractivity contribution in [3.05, 3.63) is 34.9 Å². The van der Waals surface area contributed by atoms with E-state index in [1.54, 1.807) is 0 Å². The van der Waals surface area contributed by atoms with E-state index in [0.29, 0.717) is 30.8 Å². The Labute approximate surface area is 144 Å². The molecular weight excluding hydrogens is 308 g/mol. The van der Waals surface area contributed by atoms with Crippen molar-refractivity contribution in [3.8, 4) is 0 Å². The summed E-state index contributed by atoms with van der Waals surface area (Å²) < 4.78 is 0. The second-order valence-electron chi connectivity index (χ2n) is 6.95. The summed E-state index contributed by atoms with van der Waals surface area (Å²) in [5.74, 6) is 0.980. The van der Waals surface area contributed by atoms with Crippen LogP contribution in [0.5, 0.6) is 0 Å². The fourth-order valence-corrected chi connectivity index (χ4v) is 4.07. The van der Waals surface area contributed by atoms with Gasteiger partial charge < -0.3 is 10.2 Å². The molecule has 1 aliphatic heterocycles. The third-order valence-corrected chi connectivity index (χ3v) is 5.68. The van der Waals surface area contributed by atoms with E-state index in [2.05, 4.69) is 10.2 Å². The second kappa shape index (κ2) is 8.16. The van der Waals surface area contributed by atoms with Crippen LogP contribution in [0.3, 0.4) is 0 Å². The average molecular weight is 335 g/mol. The Balaban J connectivity index is 1.64. The normalized spacial score (nSPS) is 21.7. The zero-order valence-corrected chi connectivity index (χ0v) is 14.5. The molecule has 1 amide bonds. The largest absolute Gasteiger partial charge is 0.335 e. The second-order valence-corrected chi connectivity index (χ2v) is 7.36. The van der Waals surface area contributed by atoms with Crippen LogP contribution in [0, 0.1) is 5.92 Å². The SMILES string of the molecule is O=C(CCC1CCNC1)N(Cc1ccccc1Cl)C1CCCC1. The lowest BCUT2D eigenvalue weighted by Crippen LogP contribution is -2.38. The van der Waals surface area contributed by atoms with Gasteiger partial charge in [-0.25, -0.2) is 0 Å². The van der Waals surface area contributed by atoms with Gasteiger partial charge >= 0.3 is 0 Å². The highest BCUT2D eigenvalue weighted by atomic mass is 35.5. The number of hydrogen-bond acceptors (Lipinski definition) is 2. The Morgan fingerprint density at radius 3 is 2.70 bits per heavy atom. The van der Waals surface area contributed by atoms with Gasteiger partial charge in [-0.3, -0.25) is 4.79 Å². The predicted molar refractivity (Wildman–Crippen MR) is 94.5 cm³/mol. The highest BCUT2D eigenvalue weighted by Gasteiger charge is 2.27. The van der Waals surface area contributed by atoms with Crippen LogP contribution in [-0.4, -0.2) is 29.9 Å². The number of nitrogens with zero attached hydrogens (tertiary/aromatic N) is 1. The van der Waals surface area contributed by atoms with Gasteiger partial charge in [-0.2, -0.15) is 0 Å². The van der Waals surface area contributed by atoms with E-state index in [9.17, 15) is 4.79 Å². The van der Waals surface area contributed by atoms with Gasteiger partial charge in [-0.1, -0.05) is 42.6 Å². The Morgan fingerprint density at radius 2 is 2.00 bits per heavy atom. The zero-order chi connectivity index (χ0) is 16.1. The number of carbonyl (C=O) groups is 1. The highest BCUT2D eigenvalue weighted by molar-refractivity contribution is 6.31. The fourth-order valence-electron chi connectivity index (χ4n) is 3.88. The molecule has 1 aliphatic carbocycles. The molecule has 0 aromatic heterocycles. The Bertz CT molecular complexity index is 522. The van der Waals surface area contributed by atoms with Crippen LogP contribution in [0.1, 0.15) is 50.5 Å². The molecule has 1 aromatic carbocycles. The lowest BCUT2D eigenvalue weighted by atomic mass is 10.0. The lowest BCUT2D eigenvalue weighted by Gasteiger charge is -2.30. The summed E-state index contributed by atoms with van der Waals surface area (Å²) in [6, 6.07) is 8.31. The summed E-state index contributed by atoms with van der Waals surface area (Å²) in [6.07, 6.45) is 7.65. The summed E-state index contributed by atoms with van der Waals surface area (Å²) in [5, 5.41) is 4.15. The molecule has 1 atom stereocenters. The van der Waals surface area contributed by atoms with E-state index in [-0.39, 0.29) is 0 Å². The molecule has 0 radical (unpaired) electrons.